The Morgan fingerprint density at radius 2 is 1.50 bits per heavy atom. The van der Waals surface area contributed by atoms with Gasteiger partial charge in [-0.25, -0.2) is 0 Å². The number of nitrogens with one attached hydrogen (secondary N) is 3. The molecule has 1 amide bonds. The lowest BCUT2D eigenvalue weighted by atomic mass is 10.00. The summed E-state index contributed by atoms with van der Waals surface area (Å²) >= 11 is 0. The van der Waals surface area contributed by atoms with Gasteiger partial charge in [-0.1, -0.05) is 48.5 Å². The monoisotopic (exact) mass is 593 g/mol. The van der Waals surface area contributed by atoms with Crippen LogP contribution in [-0.2, 0) is 13.0 Å². The zero-order valence-electron chi connectivity index (χ0n) is 25.3. The predicted molar refractivity (Wildman–Crippen MR) is 173 cm³/mol. The molecule has 3 N–H and O–H groups in total. The van der Waals surface area contributed by atoms with Gasteiger partial charge >= 0.3 is 0 Å². The Morgan fingerprint density at radius 3 is 2.14 bits per heavy atom. The van der Waals surface area contributed by atoms with Crippen LogP contribution in [0.2, 0.25) is 0 Å². The third kappa shape index (κ3) is 8.43. The molecule has 5 rings (SSSR count). The number of nitrogens with zero attached hydrogens (tertiary/aromatic N) is 2. The highest BCUT2D eigenvalue weighted by molar-refractivity contribution is 5.94. The number of carbonyl (C=O) groups is 1. The highest BCUT2D eigenvalue weighted by Crippen LogP contribution is 2.18. The van der Waals surface area contributed by atoms with Crippen molar-refractivity contribution < 1.29 is 9.53 Å². The number of H-pyrrole nitrogens is 2. The van der Waals surface area contributed by atoms with Crippen LogP contribution >= 0.6 is 0 Å². The first-order valence-corrected chi connectivity index (χ1v) is 14.9. The average molecular weight is 594 g/mol. The SMILES string of the molecule is CN(C)CCCOc1ccc(C=c2[nH]c(=O)c(=Cc3ccc(C(=O)NCCN4CCc5ccccc5C4)cc3)[nH]c2=O)cc1. The van der Waals surface area contributed by atoms with Crippen molar-refractivity contribution in [1.82, 2.24) is 25.1 Å². The number of benzene rings is 3. The standard InChI is InChI=1S/C35H39N5O4/c1-39(2)18-5-21-44-30-14-10-26(11-15-30)23-32-35(43)37-31(34(42)38-32)22-25-8-12-28(13-9-25)33(41)36-17-20-40-19-16-27-6-3-4-7-29(27)24-40/h3-4,6-15,22-23H,5,16-21,24H2,1-2H3,(H,36,41)(H,37,43)(H,38,42). The molecule has 9 nitrogen and oxygen atoms in total. The number of rotatable bonds is 11. The Balaban J connectivity index is 1.17. The van der Waals surface area contributed by atoms with E-state index >= 15 is 0 Å². The van der Waals surface area contributed by atoms with Crippen LogP contribution in [0, 0.1) is 0 Å². The fourth-order valence-corrected chi connectivity index (χ4v) is 5.17. The quantitative estimate of drug-likeness (QED) is 0.229. The van der Waals surface area contributed by atoms with Gasteiger partial charge in [0.05, 0.1) is 6.61 Å². The molecule has 1 aliphatic heterocycles. The lowest BCUT2D eigenvalue weighted by Gasteiger charge is -2.28. The van der Waals surface area contributed by atoms with Crippen LogP contribution in [-0.4, -0.2) is 72.6 Å². The number of ether oxygens (including phenoxy) is 1. The number of hydrogen-bond acceptors (Lipinski definition) is 6. The molecule has 0 fully saturated rings. The van der Waals surface area contributed by atoms with Crippen LogP contribution in [0.3, 0.4) is 0 Å². The van der Waals surface area contributed by atoms with E-state index in [1.807, 2.05) is 38.4 Å². The van der Waals surface area contributed by atoms with Crippen LogP contribution < -0.4 is 31.9 Å². The number of aromatic nitrogens is 2. The van der Waals surface area contributed by atoms with Crippen LogP contribution in [0.5, 0.6) is 5.75 Å². The molecular weight excluding hydrogens is 554 g/mol. The zero-order valence-corrected chi connectivity index (χ0v) is 25.3. The molecule has 44 heavy (non-hydrogen) atoms. The van der Waals surface area contributed by atoms with Gasteiger partial charge in [0.1, 0.15) is 16.4 Å². The van der Waals surface area contributed by atoms with E-state index in [9.17, 15) is 14.4 Å². The normalized spacial score (nSPS) is 14.1. The van der Waals surface area contributed by atoms with Crippen LogP contribution in [0.15, 0.2) is 82.4 Å². The second kappa shape index (κ2) is 14.6. The molecule has 3 aromatic carbocycles. The molecule has 4 aromatic rings. The summed E-state index contributed by atoms with van der Waals surface area (Å²) in [7, 11) is 4.05. The van der Waals surface area contributed by atoms with Crippen LogP contribution in [0.4, 0.5) is 0 Å². The minimum Gasteiger partial charge on any atom is -0.494 e. The molecule has 0 spiro atoms. The fourth-order valence-electron chi connectivity index (χ4n) is 5.17. The third-order valence-corrected chi connectivity index (χ3v) is 7.60. The van der Waals surface area contributed by atoms with Crippen molar-refractivity contribution in [2.45, 2.75) is 19.4 Å². The average Bonchev–Trinajstić information content (AvgIpc) is 3.02. The second-order valence-corrected chi connectivity index (χ2v) is 11.3. The van der Waals surface area contributed by atoms with E-state index < -0.39 is 11.1 Å². The van der Waals surface area contributed by atoms with Gasteiger partial charge in [0.2, 0.25) is 0 Å². The van der Waals surface area contributed by atoms with Crippen molar-refractivity contribution in [2.75, 3.05) is 46.9 Å². The maximum Gasteiger partial charge on any atom is 0.272 e. The van der Waals surface area contributed by atoms with Crippen molar-refractivity contribution >= 4 is 18.1 Å². The molecule has 0 atom stereocenters. The largest absolute Gasteiger partial charge is 0.494 e. The Hall–Kier alpha value is -4.73. The zero-order chi connectivity index (χ0) is 30.9. The van der Waals surface area contributed by atoms with Crippen molar-refractivity contribution in [3.8, 4) is 5.75 Å². The summed E-state index contributed by atoms with van der Waals surface area (Å²) in [5, 5.41) is 3.29. The lowest BCUT2D eigenvalue weighted by Crippen LogP contribution is -2.46. The molecule has 228 valence electrons. The summed E-state index contributed by atoms with van der Waals surface area (Å²) in [4.78, 5) is 48.0. The first-order valence-electron chi connectivity index (χ1n) is 14.9. The van der Waals surface area contributed by atoms with Crippen LogP contribution in [0.1, 0.15) is 39.0 Å². The van der Waals surface area contributed by atoms with E-state index in [0.717, 1.165) is 50.3 Å². The Bertz CT molecular complexity index is 1810. The van der Waals surface area contributed by atoms with Gasteiger partial charge in [-0.05, 0) is 85.6 Å². The van der Waals surface area contributed by atoms with E-state index in [-0.39, 0.29) is 16.6 Å². The van der Waals surface area contributed by atoms with Gasteiger partial charge in [0.25, 0.3) is 17.0 Å². The summed E-state index contributed by atoms with van der Waals surface area (Å²) in [6.45, 7) is 4.80. The van der Waals surface area contributed by atoms with E-state index in [0.29, 0.717) is 24.3 Å². The summed E-state index contributed by atoms with van der Waals surface area (Å²) in [5.74, 6) is 0.602. The molecule has 0 aliphatic carbocycles. The van der Waals surface area contributed by atoms with Gasteiger partial charge < -0.3 is 24.9 Å². The Morgan fingerprint density at radius 1 is 0.886 bits per heavy atom. The molecule has 0 radical (unpaired) electrons. The summed E-state index contributed by atoms with van der Waals surface area (Å²) < 4.78 is 5.75. The Labute approximate surface area is 256 Å². The maximum absolute atomic E-state index is 12.8. The maximum atomic E-state index is 12.8. The fraction of sp³-hybridized carbons (Fsp3) is 0.286. The van der Waals surface area contributed by atoms with Gasteiger partial charge in [-0.3, -0.25) is 19.3 Å². The molecule has 0 saturated carbocycles. The molecule has 1 aromatic heterocycles. The number of aromatic amines is 2. The van der Waals surface area contributed by atoms with Crippen LogP contribution in [0.25, 0.3) is 12.2 Å². The van der Waals surface area contributed by atoms with Crippen molar-refractivity contribution in [1.29, 1.82) is 0 Å². The first kappa shape index (κ1) is 30.7. The van der Waals surface area contributed by atoms with Gasteiger partial charge in [-0.2, -0.15) is 0 Å². The first-order chi connectivity index (χ1) is 21.3. The molecular formula is C35H39N5O4. The molecule has 2 heterocycles. The highest BCUT2D eigenvalue weighted by atomic mass is 16.5. The minimum atomic E-state index is -0.418. The van der Waals surface area contributed by atoms with Gasteiger partial charge in [-0.15, -0.1) is 0 Å². The highest BCUT2D eigenvalue weighted by Gasteiger charge is 2.15. The van der Waals surface area contributed by atoms with Gasteiger partial charge in [0.15, 0.2) is 0 Å². The summed E-state index contributed by atoms with van der Waals surface area (Å²) in [5.41, 5.74) is 3.91. The van der Waals surface area contributed by atoms with Crippen molar-refractivity contribution in [3.05, 3.63) is 132 Å². The number of hydrogen-bond donors (Lipinski definition) is 3. The van der Waals surface area contributed by atoms with Crippen molar-refractivity contribution in [3.63, 3.8) is 0 Å². The van der Waals surface area contributed by atoms with E-state index in [2.05, 4.69) is 49.4 Å². The third-order valence-electron chi connectivity index (χ3n) is 7.60. The molecule has 0 bridgehead atoms. The minimum absolute atomic E-state index is 0.133. The number of carbonyl (C=O) groups excluding carboxylic acids is 1. The summed E-state index contributed by atoms with van der Waals surface area (Å²) in [6.07, 6.45) is 5.16. The molecule has 9 heteroatoms. The van der Waals surface area contributed by atoms with E-state index in [1.54, 1.807) is 36.4 Å². The molecule has 1 aliphatic rings. The van der Waals surface area contributed by atoms with E-state index in [1.165, 1.54) is 11.1 Å². The van der Waals surface area contributed by atoms with Gasteiger partial charge in [0, 0.05) is 38.3 Å². The second-order valence-electron chi connectivity index (χ2n) is 11.3. The smallest absolute Gasteiger partial charge is 0.272 e. The van der Waals surface area contributed by atoms with Crippen molar-refractivity contribution in [2.24, 2.45) is 0 Å². The number of amides is 1. The predicted octanol–water partition coefficient (Wildman–Crippen LogP) is 1.84. The summed E-state index contributed by atoms with van der Waals surface area (Å²) in [6, 6.07) is 22.8. The Kier molecular flexibility index (Phi) is 10.2. The number of fused-ring (bicyclic) bond motifs is 1. The topological polar surface area (TPSA) is 111 Å². The van der Waals surface area contributed by atoms with E-state index in [4.69, 9.17) is 4.74 Å². The molecule has 0 unspecified atom stereocenters. The lowest BCUT2D eigenvalue weighted by molar-refractivity contribution is 0.0947. The molecule has 0 saturated heterocycles.